The minimum absolute atomic E-state index is 0.0385. The van der Waals surface area contributed by atoms with Gasteiger partial charge in [0.25, 0.3) is 0 Å². The van der Waals surface area contributed by atoms with Crippen LogP contribution < -0.4 is 11.1 Å². The molecule has 0 radical (unpaired) electrons. The van der Waals surface area contributed by atoms with Gasteiger partial charge in [-0.05, 0) is 29.5 Å². The number of benzene rings is 1. The summed E-state index contributed by atoms with van der Waals surface area (Å²) in [4.78, 5) is 25.3. The molecule has 0 aliphatic carbocycles. The molecule has 1 aliphatic rings. The van der Waals surface area contributed by atoms with E-state index in [0.29, 0.717) is 13.0 Å². The Balaban J connectivity index is 1.96. The summed E-state index contributed by atoms with van der Waals surface area (Å²) in [5.74, 6) is 0.0305. The number of carbonyl (C=O) groups is 2. The van der Waals surface area contributed by atoms with Crippen molar-refractivity contribution in [2.45, 2.75) is 39.7 Å². The SMILES string of the molecule is CC(=O)Nc1ccc(CC(=O)N2CCC(N)C(C)(C)C2)cc1. The van der Waals surface area contributed by atoms with Crippen molar-refractivity contribution in [3.05, 3.63) is 29.8 Å². The Hall–Kier alpha value is -1.88. The van der Waals surface area contributed by atoms with Crippen LogP contribution in [0.15, 0.2) is 24.3 Å². The molecule has 120 valence electrons. The van der Waals surface area contributed by atoms with Crippen molar-refractivity contribution in [2.75, 3.05) is 18.4 Å². The predicted molar refractivity (Wildman–Crippen MR) is 87.4 cm³/mol. The van der Waals surface area contributed by atoms with Gasteiger partial charge in [-0.3, -0.25) is 9.59 Å². The maximum absolute atomic E-state index is 12.4. The van der Waals surface area contributed by atoms with E-state index >= 15 is 0 Å². The summed E-state index contributed by atoms with van der Waals surface area (Å²) in [5.41, 5.74) is 7.77. The zero-order valence-corrected chi connectivity index (χ0v) is 13.6. The number of rotatable bonds is 3. The van der Waals surface area contributed by atoms with E-state index in [2.05, 4.69) is 19.2 Å². The second kappa shape index (κ2) is 6.48. The summed E-state index contributed by atoms with van der Waals surface area (Å²) < 4.78 is 0. The van der Waals surface area contributed by atoms with Crippen LogP contribution in [0.1, 0.15) is 32.8 Å². The van der Waals surface area contributed by atoms with E-state index < -0.39 is 0 Å². The highest BCUT2D eigenvalue weighted by atomic mass is 16.2. The topological polar surface area (TPSA) is 75.4 Å². The van der Waals surface area contributed by atoms with Gasteiger partial charge >= 0.3 is 0 Å². The van der Waals surface area contributed by atoms with Crippen LogP contribution in [0.2, 0.25) is 0 Å². The number of amides is 2. The lowest BCUT2D eigenvalue weighted by Crippen LogP contribution is -2.54. The Morgan fingerprint density at radius 1 is 1.32 bits per heavy atom. The van der Waals surface area contributed by atoms with Crippen LogP contribution in [0.5, 0.6) is 0 Å². The summed E-state index contributed by atoms with van der Waals surface area (Å²) in [6, 6.07) is 7.54. The maximum atomic E-state index is 12.4. The number of carbonyl (C=O) groups excluding carboxylic acids is 2. The Morgan fingerprint density at radius 2 is 1.95 bits per heavy atom. The third-order valence-electron chi connectivity index (χ3n) is 4.29. The third-order valence-corrected chi connectivity index (χ3v) is 4.29. The number of nitrogens with two attached hydrogens (primary N) is 1. The molecule has 1 heterocycles. The van der Waals surface area contributed by atoms with Gasteiger partial charge in [0, 0.05) is 31.7 Å². The van der Waals surface area contributed by atoms with Crippen molar-refractivity contribution in [3.63, 3.8) is 0 Å². The summed E-state index contributed by atoms with van der Waals surface area (Å²) in [7, 11) is 0. The van der Waals surface area contributed by atoms with Crippen LogP contribution in [0.3, 0.4) is 0 Å². The lowest BCUT2D eigenvalue weighted by atomic mass is 9.79. The molecule has 1 saturated heterocycles. The minimum atomic E-state index is -0.101. The van der Waals surface area contributed by atoms with Gasteiger partial charge in [-0.25, -0.2) is 0 Å². The first-order valence-corrected chi connectivity index (χ1v) is 7.68. The van der Waals surface area contributed by atoms with Crippen LogP contribution in [-0.4, -0.2) is 35.8 Å². The molecule has 2 amide bonds. The molecule has 0 saturated carbocycles. The first kappa shape index (κ1) is 16.5. The molecule has 0 aromatic heterocycles. The average Bonchev–Trinajstić information content (AvgIpc) is 2.43. The summed E-state index contributed by atoms with van der Waals surface area (Å²) in [5, 5.41) is 2.72. The largest absolute Gasteiger partial charge is 0.342 e. The van der Waals surface area contributed by atoms with E-state index in [1.165, 1.54) is 6.92 Å². The Bertz CT molecular complexity index is 552. The highest BCUT2D eigenvalue weighted by molar-refractivity contribution is 5.88. The van der Waals surface area contributed by atoms with Gasteiger partial charge in [0.15, 0.2) is 0 Å². The Morgan fingerprint density at radius 3 is 2.50 bits per heavy atom. The minimum Gasteiger partial charge on any atom is -0.342 e. The van der Waals surface area contributed by atoms with E-state index in [0.717, 1.165) is 24.2 Å². The van der Waals surface area contributed by atoms with Crippen LogP contribution in [0.4, 0.5) is 5.69 Å². The molecular weight excluding hydrogens is 278 g/mol. The van der Waals surface area contributed by atoms with E-state index in [1.807, 2.05) is 29.2 Å². The first-order chi connectivity index (χ1) is 10.3. The normalized spacial score (nSPS) is 20.5. The smallest absolute Gasteiger partial charge is 0.227 e. The molecule has 0 spiro atoms. The number of hydrogen-bond acceptors (Lipinski definition) is 3. The molecule has 1 aromatic rings. The van der Waals surface area contributed by atoms with E-state index in [9.17, 15) is 9.59 Å². The molecule has 0 bridgehead atoms. The van der Waals surface area contributed by atoms with Gasteiger partial charge in [0.2, 0.25) is 11.8 Å². The molecule has 5 heteroatoms. The first-order valence-electron chi connectivity index (χ1n) is 7.68. The lowest BCUT2D eigenvalue weighted by Gasteiger charge is -2.42. The van der Waals surface area contributed by atoms with Crippen LogP contribution in [0.25, 0.3) is 0 Å². The molecule has 1 aromatic carbocycles. The van der Waals surface area contributed by atoms with Gasteiger partial charge in [-0.2, -0.15) is 0 Å². The fraction of sp³-hybridized carbons (Fsp3) is 0.529. The van der Waals surface area contributed by atoms with Gasteiger partial charge in [0.05, 0.1) is 6.42 Å². The third kappa shape index (κ3) is 4.07. The lowest BCUT2D eigenvalue weighted by molar-refractivity contribution is -0.133. The van der Waals surface area contributed by atoms with Crippen molar-refractivity contribution >= 4 is 17.5 Å². The highest BCUT2D eigenvalue weighted by Gasteiger charge is 2.35. The van der Waals surface area contributed by atoms with Crippen molar-refractivity contribution in [1.29, 1.82) is 0 Å². The van der Waals surface area contributed by atoms with Gasteiger partial charge < -0.3 is 16.0 Å². The predicted octanol–water partition coefficient (Wildman–Crippen LogP) is 1.77. The number of nitrogens with zero attached hydrogens (tertiary/aromatic N) is 1. The summed E-state index contributed by atoms with van der Waals surface area (Å²) in [6.07, 6.45) is 1.23. The molecule has 1 aliphatic heterocycles. The van der Waals surface area contributed by atoms with Gasteiger partial charge in [-0.15, -0.1) is 0 Å². The molecule has 5 nitrogen and oxygen atoms in total. The Labute approximate surface area is 131 Å². The number of anilines is 1. The van der Waals surface area contributed by atoms with Gasteiger partial charge in [0.1, 0.15) is 0 Å². The fourth-order valence-electron chi connectivity index (χ4n) is 2.78. The van der Waals surface area contributed by atoms with Crippen molar-refractivity contribution < 1.29 is 9.59 Å². The van der Waals surface area contributed by atoms with E-state index in [-0.39, 0.29) is 23.3 Å². The van der Waals surface area contributed by atoms with Crippen molar-refractivity contribution in [3.8, 4) is 0 Å². The quantitative estimate of drug-likeness (QED) is 0.893. The molecule has 1 fully saturated rings. The second-order valence-electron chi connectivity index (χ2n) is 6.75. The molecule has 2 rings (SSSR count). The average molecular weight is 303 g/mol. The highest BCUT2D eigenvalue weighted by Crippen LogP contribution is 2.28. The van der Waals surface area contributed by atoms with Gasteiger partial charge in [-0.1, -0.05) is 26.0 Å². The van der Waals surface area contributed by atoms with Crippen molar-refractivity contribution in [2.24, 2.45) is 11.1 Å². The summed E-state index contributed by atoms with van der Waals surface area (Å²) in [6.45, 7) is 7.13. The number of hydrogen-bond donors (Lipinski definition) is 2. The van der Waals surface area contributed by atoms with Crippen LogP contribution in [0, 0.1) is 5.41 Å². The Kier molecular flexibility index (Phi) is 4.86. The number of likely N-dealkylation sites (tertiary alicyclic amines) is 1. The molecular formula is C17H25N3O2. The van der Waals surface area contributed by atoms with E-state index in [4.69, 9.17) is 5.73 Å². The number of piperidine rings is 1. The molecule has 22 heavy (non-hydrogen) atoms. The van der Waals surface area contributed by atoms with E-state index in [1.54, 1.807) is 0 Å². The van der Waals surface area contributed by atoms with Crippen molar-refractivity contribution in [1.82, 2.24) is 4.90 Å². The molecule has 3 N–H and O–H groups in total. The zero-order chi connectivity index (χ0) is 16.3. The molecule has 1 atom stereocenters. The second-order valence-corrected chi connectivity index (χ2v) is 6.75. The zero-order valence-electron chi connectivity index (χ0n) is 13.6. The monoisotopic (exact) mass is 303 g/mol. The fourth-order valence-corrected chi connectivity index (χ4v) is 2.78. The molecule has 1 unspecified atom stereocenters. The standard InChI is InChI=1S/C17H25N3O2/c1-12(21)19-14-6-4-13(5-7-14)10-16(22)20-9-8-15(18)17(2,3)11-20/h4-7,15H,8-11,18H2,1-3H3,(H,19,21). The maximum Gasteiger partial charge on any atom is 0.227 e. The van der Waals surface area contributed by atoms with Crippen LogP contribution >= 0.6 is 0 Å². The van der Waals surface area contributed by atoms with Crippen LogP contribution in [-0.2, 0) is 16.0 Å². The summed E-state index contributed by atoms with van der Waals surface area (Å²) >= 11 is 0. The number of nitrogens with one attached hydrogen (secondary N) is 1.